The number of carbonyl (C=O) groups excluding carboxylic acids is 2. The van der Waals surface area contributed by atoms with Crippen LogP contribution in [0, 0.1) is 20.8 Å². The highest BCUT2D eigenvalue weighted by atomic mass is 32.1. The van der Waals surface area contributed by atoms with Crippen molar-refractivity contribution in [2.24, 2.45) is 0 Å². The summed E-state index contributed by atoms with van der Waals surface area (Å²) in [5.74, 6) is -0.685. The third kappa shape index (κ3) is 4.88. The first kappa shape index (κ1) is 25.5. The van der Waals surface area contributed by atoms with E-state index >= 15 is 0 Å². The lowest BCUT2D eigenvalue weighted by molar-refractivity contribution is -0.118. The summed E-state index contributed by atoms with van der Waals surface area (Å²) in [6.45, 7) is 7.28. The second-order valence-electron chi connectivity index (χ2n) is 9.03. The summed E-state index contributed by atoms with van der Waals surface area (Å²) in [6.07, 6.45) is 1.36. The van der Waals surface area contributed by atoms with Gasteiger partial charge in [-0.2, -0.15) is 0 Å². The molecular weight excluding hydrogens is 518 g/mol. The zero-order chi connectivity index (χ0) is 27.0. The number of aromatic nitrogens is 3. The lowest BCUT2D eigenvalue weighted by atomic mass is 10.1. The zero-order valence-corrected chi connectivity index (χ0v) is 22.9. The molecule has 3 heterocycles. The van der Waals surface area contributed by atoms with Crippen LogP contribution in [0.25, 0.3) is 21.5 Å². The Morgan fingerprint density at radius 2 is 1.79 bits per heavy atom. The van der Waals surface area contributed by atoms with E-state index in [1.165, 1.54) is 22.2 Å². The highest BCUT2D eigenvalue weighted by molar-refractivity contribution is 7.20. The molecule has 5 aromatic rings. The predicted molar refractivity (Wildman–Crippen MR) is 153 cm³/mol. The van der Waals surface area contributed by atoms with Gasteiger partial charge in [0.15, 0.2) is 5.13 Å². The van der Waals surface area contributed by atoms with E-state index < -0.39 is 6.04 Å². The maximum absolute atomic E-state index is 13.4. The van der Waals surface area contributed by atoms with Crippen LogP contribution in [0.2, 0.25) is 0 Å². The number of fused-ring (bicyclic) bond motifs is 1. The molecule has 0 aliphatic carbocycles. The molecule has 0 fully saturated rings. The molecule has 0 saturated carbocycles. The minimum absolute atomic E-state index is 0.299. The first-order valence-electron chi connectivity index (χ1n) is 11.9. The van der Waals surface area contributed by atoms with Gasteiger partial charge >= 0.3 is 0 Å². The van der Waals surface area contributed by atoms with E-state index in [4.69, 9.17) is 0 Å². The van der Waals surface area contributed by atoms with Crippen molar-refractivity contribution in [2.45, 2.75) is 33.7 Å². The van der Waals surface area contributed by atoms with Gasteiger partial charge in [0.2, 0.25) is 5.91 Å². The summed E-state index contributed by atoms with van der Waals surface area (Å²) in [7, 11) is 0. The normalized spacial score (nSPS) is 11.9. The molecule has 5 rings (SSSR count). The number of anilines is 2. The smallest absolute Gasteiger partial charge is 0.266 e. The molecule has 1 atom stereocenters. The molecule has 2 amide bonds. The van der Waals surface area contributed by atoms with E-state index in [0.29, 0.717) is 31.5 Å². The Morgan fingerprint density at radius 1 is 1.03 bits per heavy atom. The van der Waals surface area contributed by atoms with E-state index in [2.05, 4.69) is 20.6 Å². The van der Waals surface area contributed by atoms with Crippen LogP contribution in [0.1, 0.15) is 39.3 Å². The van der Waals surface area contributed by atoms with E-state index in [1.807, 2.05) is 67.8 Å². The van der Waals surface area contributed by atoms with Gasteiger partial charge in [-0.15, -0.1) is 22.7 Å². The number of nitrogens with one attached hydrogen (secondary N) is 2. The van der Waals surface area contributed by atoms with Gasteiger partial charge in [-0.1, -0.05) is 48.0 Å². The molecule has 0 aliphatic heterocycles. The van der Waals surface area contributed by atoms with Crippen LogP contribution in [0.3, 0.4) is 0 Å². The molecule has 192 valence electrons. The van der Waals surface area contributed by atoms with Gasteiger partial charge in [-0.25, -0.2) is 9.97 Å². The summed E-state index contributed by atoms with van der Waals surface area (Å²) in [5, 5.41) is 8.39. The van der Waals surface area contributed by atoms with Crippen LogP contribution in [-0.4, -0.2) is 26.3 Å². The van der Waals surface area contributed by atoms with Gasteiger partial charge in [0, 0.05) is 16.6 Å². The molecule has 0 bridgehead atoms. The van der Waals surface area contributed by atoms with Crippen LogP contribution in [-0.2, 0) is 4.79 Å². The Balaban J connectivity index is 1.38. The van der Waals surface area contributed by atoms with E-state index in [1.54, 1.807) is 13.8 Å². The number of carbonyl (C=O) groups is 2. The van der Waals surface area contributed by atoms with E-state index in [-0.39, 0.29) is 17.4 Å². The minimum atomic E-state index is -0.838. The molecule has 8 nitrogen and oxygen atoms in total. The molecular formula is C28H25N5O3S2. The van der Waals surface area contributed by atoms with Crippen molar-refractivity contribution >= 4 is 55.5 Å². The number of amides is 2. The number of nitrogens with zero attached hydrogens (tertiary/aromatic N) is 3. The molecule has 0 saturated heterocycles. The number of benzene rings is 2. The SMILES string of the molecule is Cc1ccc(NC(=O)c2sc3ncn(C(C)C(=O)Nc4nc(-c5ccccc5)cs4)c(=O)c3c2C)c(C)c1. The maximum Gasteiger partial charge on any atom is 0.266 e. The van der Waals surface area contributed by atoms with Crippen molar-refractivity contribution in [3.8, 4) is 11.3 Å². The Morgan fingerprint density at radius 3 is 2.53 bits per heavy atom. The Kier molecular flexibility index (Phi) is 6.92. The number of thiophene rings is 1. The summed E-state index contributed by atoms with van der Waals surface area (Å²) < 4.78 is 1.29. The topological polar surface area (TPSA) is 106 Å². The zero-order valence-electron chi connectivity index (χ0n) is 21.2. The molecule has 3 aromatic heterocycles. The fourth-order valence-corrected chi connectivity index (χ4v) is 5.93. The van der Waals surface area contributed by atoms with Crippen LogP contribution < -0.4 is 16.2 Å². The summed E-state index contributed by atoms with van der Waals surface area (Å²) in [4.78, 5) is 49.3. The van der Waals surface area contributed by atoms with Gasteiger partial charge in [0.05, 0.1) is 22.3 Å². The summed E-state index contributed by atoms with van der Waals surface area (Å²) in [6, 6.07) is 14.6. The molecule has 0 radical (unpaired) electrons. The van der Waals surface area contributed by atoms with Crippen molar-refractivity contribution in [1.29, 1.82) is 0 Å². The average Bonchev–Trinajstić information content (AvgIpc) is 3.51. The van der Waals surface area contributed by atoms with Crippen molar-refractivity contribution in [2.75, 3.05) is 10.6 Å². The van der Waals surface area contributed by atoms with Crippen LogP contribution >= 0.6 is 22.7 Å². The molecule has 1 unspecified atom stereocenters. The van der Waals surface area contributed by atoms with E-state index in [9.17, 15) is 14.4 Å². The second kappa shape index (κ2) is 10.3. The minimum Gasteiger partial charge on any atom is -0.321 e. The summed E-state index contributed by atoms with van der Waals surface area (Å²) >= 11 is 2.48. The molecule has 38 heavy (non-hydrogen) atoms. The quantitative estimate of drug-likeness (QED) is 0.275. The van der Waals surface area contributed by atoms with Gasteiger partial charge in [0.1, 0.15) is 10.9 Å². The van der Waals surface area contributed by atoms with Gasteiger partial charge in [-0.3, -0.25) is 19.0 Å². The molecule has 0 spiro atoms. The second-order valence-corrected chi connectivity index (χ2v) is 10.9. The third-order valence-electron chi connectivity index (χ3n) is 6.31. The third-order valence-corrected chi connectivity index (χ3v) is 8.27. The van der Waals surface area contributed by atoms with Crippen LogP contribution in [0.4, 0.5) is 10.8 Å². The number of aryl methyl sites for hydroxylation is 3. The van der Waals surface area contributed by atoms with Crippen molar-refractivity contribution < 1.29 is 9.59 Å². The van der Waals surface area contributed by atoms with Crippen molar-refractivity contribution in [1.82, 2.24) is 14.5 Å². The lowest BCUT2D eigenvalue weighted by Crippen LogP contribution is -2.31. The highest BCUT2D eigenvalue weighted by Crippen LogP contribution is 2.29. The van der Waals surface area contributed by atoms with Crippen molar-refractivity contribution in [3.63, 3.8) is 0 Å². The average molecular weight is 544 g/mol. The first-order chi connectivity index (χ1) is 18.2. The molecule has 2 N–H and O–H groups in total. The number of hydrogen-bond acceptors (Lipinski definition) is 7. The largest absolute Gasteiger partial charge is 0.321 e. The fraction of sp³-hybridized carbons (Fsp3) is 0.179. The first-order valence-corrected chi connectivity index (χ1v) is 13.6. The van der Waals surface area contributed by atoms with Gasteiger partial charge in [0.25, 0.3) is 11.5 Å². The van der Waals surface area contributed by atoms with E-state index in [0.717, 1.165) is 33.7 Å². The van der Waals surface area contributed by atoms with Crippen LogP contribution in [0.15, 0.2) is 65.0 Å². The monoisotopic (exact) mass is 543 g/mol. The fourth-order valence-electron chi connectivity index (χ4n) is 4.17. The highest BCUT2D eigenvalue weighted by Gasteiger charge is 2.24. The number of thiazole rings is 1. The predicted octanol–water partition coefficient (Wildman–Crippen LogP) is 5.96. The Labute approximate surface area is 227 Å². The maximum atomic E-state index is 13.4. The Bertz CT molecular complexity index is 1740. The lowest BCUT2D eigenvalue weighted by Gasteiger charge is -2.13. The van der Waals surface area contributed by atoms with Crippen molar-refractivity contribution in [3.05, 3.63) is 92.2 Å². The molecule has 0 aliphatic rings. The molecule has 10 heteroatoms. The summed E-state index contributed by atoms with van der Waals surface area (Å²) in [5.41, 5.74) is 4.65. The number of hydrogen-bond donors (Lipinski definition) is 2. The van der Waals surface area contributed by atoms with Gasteiger partial charge in [-0.05, 0) is 44.9 Å². The standard InChI is InChI=1S/C28H25N5O3S2/c1-15-10-11-20(16(2)12-15)30-25(35)23-17(3)22-26(38-23)29-14-33(27(22)36)18(4)24(34)32-28-31-21(13-37-28)19-8-6-5-7-9-19/h5-14,18H,1-4H3,(H,30,35)(H,31,32,34). The van der Waals surface area contributed by atoms with Crippen LogP contribution in [0.5, 0.6) is 0 Å². The molecule has 2 aromatic carbocycles. The van der Waals surface area contributed by atoms with Gasteiger partial charge < -0.3 is 10.6 Å². The number of rotatable bonds is 6. The Hall–Kier alpha value is -4.15.